The lowest BCUT2D eigenvalue weighted by Crippen LogP contribution is -2.20. The van der Waals surface area contributed by atoms with Gasteiger partial charge in [0.25, 0.3) is 0 Å². The highest BCUT2D eigenvalue weighted by Gasteiger charge is 1.80. The van der Waals surface area contributed by atoms with Crippen molar-refractivity contribution in [2.45, 2.75) is 34.1 Å². The van der Waals surface area contributed by atoms with E-state index in [9.17, 15) is 0 Å². The molecule has 0 aliphatic carbocycles. The molecule has 9 heavy (non-hydrogen) atoms. The van der Waals surface area contributed by atoms with Gasteiger partial charge in [-0.1, -0.05) is 34.1 Å². The van der Waals surface area contributed by atoms with Gasteiger partial charge < -0.3 is 0 Å². The molecule has 0 amide bonds. The minimum absolute atomic E-state index is 0.847. The molecule has 0 aliphatic heterocycles. The SMILES string of the molecule is CCC(C)C.CCNN. The summed E-state index contributed by atoms with van der Waals surface area (Å²) in [6.07, 6.45) is 1.31. The number of nitrogens with two attached hydrogens (primary N) is 1. The van der Waals surface area contributed by atoms with Crippen LogP contribution in [0.5, 0.6) is 0 Å². The van der Waals surface area contributed by atoms with Crippen molar-refractivity contribution in [2.75, 3.05) is 6.54 Å². The molecule has 0 atom stereocenters. The van der Waals surface area contributed by atoms with Gasteiger partial charge in [0.15, 0.2) is 0 Å². The van der Waals surface area contributed by atoms with Crippen LogP contribution in [-0.4, -0.2) is 6.54 Å². The van der Waals surface area contributed by atoms with Crippen molar-refractivity contribution >= 4 is 0 Å². The fourth-order valence-electron chi connectivity index (χ4n) is 0. The van der Waals surface area contributed by atoms with Crippen LogP contribution < -0.4 is 11.3 Å². The second-order valence-electron chi connectivity index (χ2n) is 2.36. The zero-order chi connectivity index (χ0) is 7.70. The third kappa shape index (κ3) is 32.6. The molecule has 0 aliphatic rings. The lowest BCUT2D eigenvalue weighted by atomic mass is 10.2. The highest BCUT2D eigenvalue weighted by atomic mass is 15.2. The van der Waals surface area contributed by atoms with Gasteiger partial charge in [0, 0.05) is 6.54 Å². The molecule has 0 fully saturated rings. The first-order valence-corrected chi connectivity index (χ1v) is 3.62. The molecule has 2 heteroatoms. The number of hydrogen-bond acceptors (Lipinski definition) is 2. The minimum Gasteiger partial charge on any atom is -0.271 e. The second-order valence-corrected chi connectivity index (χ2v) is 2.36. The molecule has 0 aromatic carbocycles. The molecule has 3 N–H and O–H groups in total. The number of nitrogens with one attached hydrogen (secondary N) is 1. The third-order valence-corrected chi connectivity index (χ3v) is 1.02. The van der Waals surface area contributed by atoms with Crippen LogP contribution in [0.3, 0.4) is 0 Å². The average molecular weight is 132 g/mol. The van der Waals surface area contributed by atoms with Gasteiger partial charge in [-0.05, 0) is 5.92 Å². The fourth-order valence-corrected chi connectivity index (χ4v) is 0. The summed E-state index contributed by atoms with van der Waals surface area (Å²) >= 11 is 0. The maximum Gasteiger partial charge on any atom is 0.00689 e. The zero-order valence-corrected chi connectivity index (χ0v) is 7.07. The summed E-state index contributed by atoms with van der Waals surface area (Å²) in [6, 6.07) is 0. The van der Waals surface area contributed by atoms with Crippen LogP contribution in [0.2, 0.25) is 0 Å². The maximum absolute atomic E-state index is 4.78. The summed E-state index contributed by atoms with van der Waals surface area (Å²) in [5.74, 6) is 5.66. The van der Waals surface area contributed by atoms with Crippen LogP contribution in [-0.2, 0) is 0 Å². The monoisotopic (exact) mass is 132 g/mol. The van der Waals surface area contributed by atoms with E-state index in [-0.39, 0.29) is 0 Å². The van der Waals surface area contributed by atoms with E-state index in [0.29, 0.717) is 0 Å². The van der Waals surface area contributed by atoms with Gasteiger partial charge in [-0.25, -0.2) is 0 Å². The van der Waals surface area contributed by atoms with Crippen molar-refractivity contribution in [3.63, 3.8) is 0 Å². The smallest absolute Gasteiger partial charge is 0.00689 e. The Kier molecular flexibility index (Phi) is 14.0. The normalized spacial score (nSPS) is 8.67. The van der Waals surface area contributed by atoms with Crippen molar-refractivity contribution in [3.05, 3.63) is 0 Å². The molecule has 0 aromatic heterocycles. The van der Waals surface area contributed by atoms with Crippen LogP contribution in [0, 0.1) is 5.92 Å². The summed E-state index contributed by atoms with van der Waals surface area (Å²) < 4.78 is 0. The number of rotatable bonds is 2. The first-order valence-electron chi connectivity index (χ1n) is 3.62. The van der Waals surface area contributed by atoms with Crippen LogP contribution in [0.25, 0.3) is 0 Å². The molecule has 0 rings (SSSR count). The molecule has 2 nitrogen and oxygen atoms in total. The molecular formula is C7H20N2. The van der Waals surface area contributed by atoms with Gasteiger partial charge in [0.1, 0.15) is 0 Å². The zero-order valence-electron chi connectivity index (χ0n) is 7.07. The van der Waals surface area contributed by atoms with E-state index in [2.05, 4.69) is 26.2 Å². The van der Waals surface area contributed by atoms with E-state index >= 15 is 0 Å². The summed E-state index contributed by atoms with van der Waals surface area (Å²) in [5, 5.41) is 0. The Morgan fingerprint density at radius 3 is 1.56 bits per heavy atom. The quantitative estimate of drug-likeness (QED) is 0.441. The molecule has 58 valence electrons. The highest BCUT2D eigenvalue weighted by Crippen LogP contribution is 1.93. The Bertz CT molecular complexity index is 33.9. The topological polar surface area (TPSA) is 38.0 Å². The van der Waals surface area contributed by atoms with E-state index in [4.69, 9.17) is 5.84 Å². The second kappa shape index (κ2) is 10.8. The van der Waals surface area contributed by atoms with E-state index in [1.807, 2.05) is 6.92 Å². The van der Waals surface area contributed by atoms with E-state index in [1.165, 1.54) is 6.42 Å². The Balaban J connectivity index is 0. The van der Waals surface area contributed by atoms with Crippen LogP contribution >= 0.6 is 0 Å². The Morgan fingerprint density at radius 1 is 1.33 bits per heavy atom. The van der Waals surface area contributed by atoms with Crippen LogP contribution in [0.4, 0.5) is 0 Å². The molecule has 0 saturated heterocycles. The highest BCUT2D eigenvalue weighted by molar-refractivity contribution is 4.32. The van der Waals surface area contributed by atoms with Crippen LogP contribution in [0.15, 0.2) is 0 Å². The molecular weight excluding hydrogens is 112 g/mol. The van der Waals surface area contributed by atoms with Gasteiger partial charge in [-0.15, -0.1) is 0 Å². The molecule has 0 aromatic rings. The average Bonchev–Trinajstić information content (AvgIpc) is 1.89. The largest absolute Gasteiger partial charge is 0.271 e. The molecule has 0 spiro atoms. The summed E-state index contributed by atoms with van der Waals surface area (Å²) in [5.41, 5.74) is 2.43. The summed E-state index contributed by atoms with van der Waals surface area (Å²) in [4.78, 5) is 0. The lowest BCUT2D eigenvalue weighted by molar-refractivity contribution is 0.626. The minimum atomic E-state index is 0.847. The van der Waals surface area contributed by atoms with Crippen molar-refractivity contribution < 1.29 is 0 Å². The van der Waals surface area contributed by atoms with Gasteiger partial charge in [-0.3, -0.25) is 11.3 Å². The van der Waals surface area contributed by atoms with E-state index in [1.54, 1.807) is 0 Å². The Hall–Kier alpha value is -0.0800. The molecule has 0 saturated carbocycles. The van der Waals surface area contributed by atoms with E-state index in [0.717, 1.165) is 12.5 Å². The van der Waals surface area contributed by atoms with Crippen molar-refractivity contribution in [1.82, 2.24) is 5.43 Å². The standard InChI is InChI=1S/C5H12.C2H8N2/c1-4-5(2)3;1-2-4-3/h5H,4H2,1-3H3;4H,2-3H2,1H3. The summed E-state index contributed by atoms with van der Waals surface area (Å²) in [6.45, 7) is 9.44. The fraction of sp³-hybridized carbons (Fsp3) is 1.00. The van der Waals surface area contributed by atoms with E-state index < -0.39 is 0 Å². The Labute approximate surface area is 58.8 Å². The molecule has 0 radical (unpaired) electrons. The van der Waals surface area contributed by atoms with Gasteiger partial charge in [0.05, 0.1) is 0 Å². The Morgan fingerprint density at radius 2 is 1.56 bits per heavy atom. The first kappa shape index (κ1) is 11.7. The first-order chi connectivity index (χ1) is 4.18. The summed E-state index contributed by atoms with van der Waals surface area (Å²) in [7, 11) is 0. The van der Waals surface area contributed by atoms with Crippen molar-refractivity contribution in [1.29, 1.82) is 0 Å². The van der Waals surface area contributed by atoms with Gasteiger partial charge in [0.2, 0.25) is 0 Å². The number of hydrogen-bond donors (Lipinski definition) is 2. The van der Waals surface area contributed by atoms with Crippen LogP contribution in [0.1, 0.15) is 34.1 Å². The van der Waals surface area contributed by atoms with Gasteiger partial charge >= 0.3 is 0 Å². The van der Waals surface area contributed by atoms with Crippen molar-refractivity contribution in [2.24, 2.45) is 11.8 Å². The van der Waals surface area contributed by atoms with Crippen molar-refractivity contribution in [3.8, 4) is 0 Å². The molecule has 0 heterocycles. The third-order valence-electron chi connectivity index (χ3n) is 1.02. The molecule has 0 bridgehead atoms. The van der Waals surface area contributed by atoms with Gasteiger partial charge in [-0.2, -0.15) is 0 Å². The molecule has 0 unspecified atom stereocenters. The number of hydrazine groups is 1. The lowest BCUT2D eigenvalue weighted by Gasteiger charge is -1.90. The predicted octanol–water partition coefficient (Wildman–Crippen LogP) is 1.52. The maximum atomic E-state index is 4.78. The predicted molar refractivity (Wildman–Crippen MR) is 43.0 cm³/mol.